The number of methoxy groups -OCH3 is 1. The lowest BCUT2D eigenvalue weighted by atomic mass is 10.1. The van der Waals surface area contributed by atoms with E-state index in [1.54, 1.807) is 60.7 Å². The Kier molecular flexibility index (Phi) is 6.99. The Hall–Kier alpha value is -3.63. The Labute approximate surface area is 207 Å². The van der Waals surface area contributed by atoms with Crippen LogP contribution in [-0.2, 0) is 11.4 Å². The normalized spacial score (nSPS) is 14.5. The van der Waals surface area contributed by atoms with E-state index in [9.17, 15) is 19.7 Å². The van der Waals surface area contributed by atoms with Crippen LogP contribution in [0.3, 0.4) is 0 Å². The number of halogens is 1. The maximum Gasteiger partial charge on any atom is 0.298 e. The van der Waals surface area contributed by atoms with Gasteiger partial charge in [-0.1, -0.05) is 40.2 Å². The summed E-state index contributed by atoms with van der Waals surface area (Å²) in [6, 6.07) is 18.2. The number of nitro benzene ring substituents is 1. The number of benzene rings is 3. The Morgan fingerprint density at radius 2 is 1.85 bits per heavy atom. The SMILES string of the molecule is COc1ccccc1N1C(=O)S/C(=C\c2cc(Br)ccc2OCc2cccc([N+](=O)[O-])c2)C1=O. The molecule has 1 aliphatic heterocycles. The zero-order chi connectivity index (χ0) is 24.2. The van der Waals surface area contributed by atoms with Crippen molar-refractivity contribution in [3.63, 3.8) is 0 Å². The third kappa shape index (κ3) is 4.97. The molecule has 0 atom stereocenters. The first-order chi connectivity index (χ1) is 16.4. The average molecular weight is 541 g/mol. The van der Waals surface area contributed by atoms with E-state index >= 15 is 0 Å². The first kappa shape index (κ1) is 23.5. The van der Waals surface area contributed by atoms with Gasteiger partial charge in [0.2, 0.25) is 0 Å². The Bertz CT molecular complexity index is 1330. The fourth-order valence-electron chi connectivity index (χ4n) is 3.32. The Morgan fingerprint density at radius 3 is 2.62 bits per heavy atom. The molecule has 3 aromatic carbocycles. The Balaban J connectivity index is 1.61. The molecule has 4 rings (SSSR count). The molecule has 0 spiro atoms. The van der Waals surface area contributed by atoms with Crippen molar-refractivity contribution in [2.24, 2.45) is 0 Å². The van der Waals surface area contributed by atoms with Crippen molar-refractivity contribution >= 4 is 56.3 Å². The van der Waals surface area contributed by atoms with Gasteiger partial charge in [-0.3, -0.25) is 19.7 Å². The number of non-ortho nitro benzene ring substituents is 1. The fraction of sp³-hybridized carbons (Fsp3) is 0.0833. The molecule has 0 radical (unpaired) electrons. The van der Waals surface area contributed by atoms with Gasteiger partial charge in [-0.15, -0.1) is 0 Å². The van der Waals surface area contributed by atoms with Crippen LogP contribution in [0.5, 0.6) is 11.5 Å². The van der Waals surface area contributed by atoms with Crippen LogP contribution in [0.2, 0.25) is 0 Å². The first-order valence-electron chi connectivity index (χ1n) is 9.94. The van der Waals surface area contributed by atoms with Crippen LogP contribution in [0.15, 0.2) is 76.1 Å². The van der Waals surface area contributed by atoms with Crippen LogP contribution in [0.1, 0.15) is 11.1 Å². The van der Waals surface area contributed by atoms with Crippen LogP contribution < -0.4 is 14.4 Å². The molecule has 172 valence electrons. The van der Waals surface area contributed by atoms with Crippen molar-refractivity contribution in [2.45, 2.75) is 6.61 Å². The number of nitrogens with zero attached hydrogens (tertiary/aromatic N) is 2. The second-order valence-electron chi connectivity index (χ2n) is 7.09. The van der Waals surface area contributed by atoms with Crippen LogP contribution in [-0.4, -0.2) is 23.2 Å². The molecule has 0 aliphatic carbocycles. The molecule has 0 aromatic heterocycles. The van der Waals surface area contributed by atoms with Crippen LogP contribution in [0.4, 0.5) is 16.2 Å². The molecule has 34 heavy (non-hydrogen) atoms. The van der Waals surface area contributed by atoms with E-state index in [2.05, 4.69) is 15.9 Å². The molecule has 0 unspecified atom stereocenters. The van der Waals surface area contributed by atoms with Gasteiger partial charge in [0.1, 0.15) is 18.1 Å². The molecule has 0 bridgehead atoms. The van der Waals surface area contributed by atoms with Crippen molar-refractivity contribution in [3.8, 4) is 11.5 Å². The molecule has 1 aliphatic rings. The average Bonchev–Trinajstić information content (AvgIpc) is 3.11. The van der Waals surface area contributed by atoms with Crippen molar-refractivity contribution in [1.29, 1.82) is 0 Å². The molecule has 1 heterocycles. The second-order valence-corrected chi connectivity index (χ2v) is 9.00. The predicted molar refractivity (Wildman–Crippen MR) is 133 cm³/mol. The van der Waals surface area contributed by atoms with E-state index in [0.29, 0.717) is 28.3 Å². The van der Waals surface area contributed by atoms with E-state index in [4.69, 9.17) is 9.47 Å². The number of hydrogen-bond acceptors (Lipinski definition) is 7. The van der Waals surface area contributed by atoms with Crippen LogP contribution in [0.25, 0.3) is 6.08 Å². The van der Waals surface area contributed by atoms with Gasteiger partial charge in [0.15, 0.2) is 0 Å². The minimum absolute atomic E-state index is 0.0258. The van der Waals surface area contributed by atoms with E-state index in [1.165, 1.54) is 19.2 Å². The highest BCUT2D eigenvalue weighted by Gasteiger charge is 2.37. The van der Waals surface area contributed by atoms with E-state index in [1.807, 2.05) is 0 Å². The number of carbonyl (C=O) groups excluding carboxylic acids is 2. The van der Waals surface area contributed by atoms with Crippen LogP contribution in [0, 0.1) is 10.1 Å². The zero-order valence-electron chi connectivity index (χ0n) is 17.8. The number of rotatable bonds is 7. The number of imide groups is 1. The molecule has 8 nitrogen and oxygen atoms in total. The standard InChI is InChI=1S/C24H17BrN2O6S/c1-32-21-8-3-2-7-19(21)26-23(28)22(34-24(26)29)13-16-12-17(25)9-10-20(16)33-14-15-5-4-6-18(11-15)27(30)31/h2-13H,14H2,1H3/b22-13-. The van der Waals surface area contributed by atoms with Gasteiger partial charge in [-0.25, -0.2) is 4.90 Å². The maximum absolute atomic E-state index is 13.1. The number of amides is 2. The number of ether oxygens (including phenoxy) is 2. The van der Waals surface area contributed by atoms with Crippen molar-refractivity contribution in [2.75, 3.05) is 12.0 Å². The summed E-state index contributed by atoms with van der Waals surface area (Å²) in [6.07, 6.45) is 1.59. The lowest BCUT2D eigenvalue weighted by Gasteiger charge is -2.15. The third-order valence-corrected chi connectivity index (χ3v) is 6.26. The fourth-order valence-corrected chi connectivity index (χ4v) is 4.52. The van der Waals surface area contributed by atoms with Gasteiger partial charge in [-0.2, -0.15) is 0 Å². The van der Waals surface area contributed by atoms with Crippen molar-refractivity contribution in [3.05, 3.63) is 97.3 Å². The first-order valence-corrected chi connectivity index (χ1v) is 11.5. The summed E-state index contributed by atoms with van der Waals surface area (Å²) in [5.74, 6) is 0.400. The summed E-state index contributed by atoms with van der Waals surface area (Å²) in [4.78, 5) is 37.7. The largest absolute Gasteiger partial charge is 0.495 e. The summed E-state index contributed by atoms with van der Waals surface area (Å²) in [6.45, 7) is 0.0901. The predicted octanol–water partition coefficient (Wildman–Crippen LogP) is 6.19. The lowest BCUT2D eigenvalue weighted by Crippen LogP contribution is -2.28. The molecule has 2 amide bonds. The second kappa shape index (κ2) is 10.1. The minimum Gasteiger partial charge on any atom is -0.495 e. The summed E-state index contributed by atoms with van der Waals surface area (Å²) in [5, 5.41) is 10.6. The molecule has 3 aromatic rings. The van der Waals surface area contributed by atoms with E-state index < -0.39 is 16.1 Å². The molecule has 1 fully saturated rings. The Morgan fingerprint density at radius 1 is 1.06 bits per heavy atom. The highest BCUT2D eigenvalue weighted by atomic mass is 79.9. The van der Waals surface area contributed by atoms with Gasteiger partial charge in [0.25, 0.3) is 16.8 Å². The molecular formula is C24H17BrN2O6S. The summed E-state index contributed by atoms with van der Waals surface area (Å²) in [7, 11) is 1.47. The number of nitro groups is 1. The number of para-hydroxylation sites is 2. The molecule has 10 heteroatoms. The monoisotopic (exact) mass is 540 g/mol. The topological polar surface area (TPSA) is 99.0 Å². The maximum atomic E-state index is 13.1. The van der Waals surface area contributed by atoms with Crippen LogP contribution >= 0.6 is 27.7 Å². The summed E-state index contributed by atoms with van der Waals surface area (Å²) >= 11 is 4.24. The number of hydrogen-bond donors (Lipinski definition) is 0. The highest BCUT2D eigenvalue weighted by molar-refractivity contribution is 9.10. The molecule has 0 N–H and O–H groups in total. The summed E-state index contributed by atoms with van der Waals surface area (Å²) in [5.41, 5.74) is 1.54. The van der Waals surface area contributed by atoms with E-state index in [0.717, 1.165) is 21.1 Å². The van der Waals surface area contributed by atoms with Gasteiger partial charge in [0.05, 0.1) is 22.6 Å². The van der Waals surface area contributed by atoms with Gasteiger partial charge < -0.3 is 9.47 Å². The van der Waals surface area contributed by atoms with Gasteiger partial charge >= 0.3 is 0 Å². The minimum atomic E-state index is -0.468. The van der Waals surface area contributed by atoms with Crippen molar-refractivity contribution in [1.82, 2.24) is 0 Å². The number of thioether (sulfide) groups is 1. The molecule has 1 saturated heterocycles. The molecule has 0 saturated carbocycles. The lowest BCUT2D eigenvalue weighted by molar-refractivity contribution is -0.384. The van der Waals surface area contributed by atoms with Gasteiger partial charge in [-0.05, 0) is 53.7 Å². The summed E-state index contributed by atoms with van der Waals surface area (Å²) < 4.78 is 12.0. The van der Waals surface area contributed by atoms with Crippen molar-refractivity contribution < 1.29 is 24.0 Å². The third-order valence-electron chi connectivity index (χ3n) is 4.89. The highest BCUT2D eigenvalue weighted by Crippen LogP contribution is 2.40. The van der Waals surface area contributed by atoms with E-state index in [-0.39, 0.29) is 17.2 Å². The quantitative estimate of drug-likeness (QED) is 0.200. The molecular weight excluding hydrogens is 524 g/mol. The number of carbonyl (C=O) groups is 2. The number of anilines is 1. The smallest absolute Gasteiger partial charge is 0.298 e. The van der Waals surface area contributed by atoms with Gasteiger partial charge in [0, 0.05) is 22.2 Å². The zero-order valence-corrected chi connectivity index (χ0v) is 20.2.